The summed E-state index contributed by atoms with van der Waals surface area (Å²) >= 11 is 1.13. The molecule has 0 aromatic rings. The number of carbonyl (C=O) groups excluding carboxylic acids is 1. The SMILES string of the molecule is CC(=O)NC(CCSCCOC(F)(F)F)C(=O)O. The molecule has 0 saturated heterocycles. The molecule has 1 unspecified atom stereocenters. The summed E-state index contributed by atoms with van der Waals surface area (Å²) in [4.78, 5) is 21.4. The van der Waals surface area contributed by atoms with E-state index in [1.54, 1.807) is 0 Å². The fourth-order valence-corrected chi connectivity index (χ4v) is 1.83. The van der Waals surface area contributed by atoms with Crippen LogP contribution in [0.1, 0.15) is 13.3 Å². The highest BCUT2D eigenvalue weighted by molar-refractivity contribution is 7.99. The van der Waals surface area contributed by atoms with Gasteiger partial charge in [-0.3, -0.25) is 9.53 Å². The Balaban J connectivity index is 3.68. The quantitative estimate of drug-likeness (QED) is 0.657. The van der Waals surface area contributed by atoms with Gasteiger partial charge in [0.25, 0.3) is 0 Å². The standard InChI is InChI=1S/C9H14F3NO4S/c1-6(14)13-7(8(15)16)2-4-18-5-3-17-9(10,11)12/h7H,2-5H2,1H3,(H,13,14)(H,15,16). The van der Waals surface area contributed by atoms with Crippen LogP contribution in [0.15, 0.2) is 0 Å². The molecule has 0 fully saturated rings. The van der Waals surface area contributed by atoms with Crippen molar-refractivity contribution in [3.8, 4) is 0 Å². The number of nitrogens with one attached hydrogen (secondary N) is 1. The maximum Gasteiger partial charge on any atom is 0.522 e. The van der Waals surface area contributed by atoms with Crippen molar-refractivity contribution in [3.63, 3.8) is 0 Å². The first kappa shape index (κ1) is 17.0. The van der Waals surface area contributed by atoms with Crippen LogP contribution in [0.4, 0.5) is 13.2 Å². The maximum atomic E-state index is 11.6. The molecule has 0 aliphatic rings. The molecular weight excluding hydrogens is 275 g/mol. The van der Waals surface area contributed by atoms with Gasteiger partial charge in [-0.2, -0.15) is 11.8 Å². The van der Waals surface area contributed by atoms with Gasteiger partial charge in [-0.25, -0.2) is 4.79 Å². The number of hydrogen-bond acceptors (Lipinski definition) is 4. The fraction of sp³-hybridized carbons (Fsp3) is 0.778. The van der Waals surface area contributed by atoms with Crippen LogP contribution in [-0.4, -0.2) is 47.5 Å². The molecule has 0 aliphatic heterocycles. The average molecular weight is 289 g/mol. The molecule has 0 bridgehead atoms. The molecule has 18 heavy (non-hydrogen) atoms. The first-order valence-corrected chi connectivity index (χ1v) is 6.16. The normalized spacial score (nSPS) is 13.1. The Bertz CT molecular complexity index is 285. The summed E-state index contributed by atoms with van der Waals surface area (Å²) in [6, 6.07) is -1.02. The Labute approximate surface area is 106 Å². The van der Waals surface area contributed by atoms with Gasteiger partial charge in [0.2, 0.25) is 5.91 Å². The molecular formula is C9H14F3NO4S. The molecule has 0 saturated carbocycles. The van der Waals surface area contributed by atoms with E-state index in [1.807, 2.05) is 0 Å². The lowest BCUT2D eigenvalue weighted by Crippen LogP contribution is -2.39. The highest BCUT2D eigenvalue weighted by Crippen LogP contribution is 2.16. The van der Waals surface area contributed by atoms with E-state index in [1.165, 1.54) is 6.92 Å². The molecule has 5 nitrogen and oxygen atoms in total. The van der Waals surface area contributed by atoms with E-state index >= 15 is 0 Å². The number of aliphatic carboxylic acids is 1. The maximum absolute atomic E-state index is 11.6. The largest absolute Gasteiger partial charge is 0.522 e. The second kappa shape index (κ2) is 8.20. The average Bonchev–Trinajstić information content (AvgIpc) is 2.18. The summed E-state index contributed by atoms with van der Waals surface area (Å²) in [6.07, 6.45) is -4.49. The van der Waals surface area contributed by atoms with Crippen LogP contribution in [0, 0.1) is 0 Å². The van der Waals surface area contributed by atoms with E-state index in [-0.39, 0.29) is 12.2 Å². The van der Waals surface area contributed by atoms with Crippen LogP contribution in [0.5, 0.6) is 0 Å². The number of carboxylic acids is 1. The predicted molar refractivity (Wildman–Crippen MR) is 59.2 cm³/mol. The second-order valence-electron chi connectivity index (χ2n) is 3.29. The minimum Gasteiger partial charge on any atom is -0.480 e. The monoisotopic (exact) mass is 289 g/mol. The number of halogens is 3. The van der Waals surface area contributed by atoms with Gasteiger partial charge in [-0.15, -0.1) is 13.2 Å². The van der Waals surface area contributed by atoms with Gasteiger partial charge >= 0.3 is 12.3 Å². The molecule has 0 aliphatic carbocycles. The van der Waals surface area contributed by atoms with E-state index in [2.05, 4.69) is 10.1 Å². The van der Waals surface area contributed by atoms with Crippen molar-refractivity contribution in [1.29, 1.82) is 0 Å². The van der Waals surface area contributed by atoms with Gasteiger partial charge in [0.05, 0.1) is 6.61 Å². The molecule has 0 radical (unpaired) electrons. The highest BCUT2D eigenvalue weighted by atomic mass is 32.2. The van der Waals surface area contributed by atoms with Crippen LogP contribution in [0.2, 0.25) is 0 Å². The zero-order chi connectivity index (χ0) is 14.2. The van der Waals surface area contributed by atoms with Crippen LogP contribution in [0.25, 0.3) is 0 Å². The molecule has 106 valence electrons. The zero-order valence-electron chi connectivity index (χ0n) is 9.62. The number of amides is 1. The third-order valence-electron chi connectivity index (χ3n) is 1.72. The van der Waals surface area contributed by atoms with Gasteiger partial charge in [0.15, 0.2) is 0 Å². The summed E-state index contributed by atoms with van der Waals surface area (Å²) in [6.45, 7) is 0.715. The first-order valence-electron chi connectivity index (χ1n) is 5.00. The van der Waals surface area contributed by atoms with Crippen molar-refractivity contribution < 1.29 is 32.6 Å². The first-order chi connectivity index (χ1) is 8.22. The third kappa shape index (κ3) is 10.2. The molecule has 1 atom stereocenters. The van der Waals surface area contributed by atoms with E-state index in [0.29, 0.717) is 5.75 Å². The van der Waals surface area contributed by atoms with Crippen LogP contribution in [-0.2, 0) is 14.3 Å². The van der Waals surface area contributed by atoms with E-state index < -0.39 is 30.9 Å². The molecule has 0 aromatic carbocycles. The Kier molecular flexibility index (Phi) is 7.76. The van der Waals surface area contributed by atoms with Crippen LogP contribution < -0.4 is 5.32 Å². The Hall–Kier alpha value is -0.960. The number of rotatable bonds is 8. The van der Waals surface area contributed by atoms with Crippen molar-refractivity contribution in [1.82, 2.24) is 5.32 Å². The summed E-state index contributed by atoms with van der Waals surface area (Å²) in [5.41, 5.74) is 0. The van der Waals surface area contributed by atoms with Crippen molar-refractivity contribution >= 4 is 23.6 Å². The lowest BCUT2D eigenvalue weighted by molar-refractivity contribution is -0.322. The van der Waals surface area contributed by atoms with Gasteiger partial charge in [0, 0.05) is 12.7 Å². The third-order valence-corrected chi connectivity index (χ3v) is 2.70. The van der Waals surface area contributed by atoms with Crippen LogP contribution in [0.3, 0.4) is 0 Å². The molecule has 0 spiro atoms. The summed E-state index contributed by atoms with van der Waals surface area (Å²) < 4.78 is 38.3. The minimum atomic E-state index is -4.64. The van der Waals surface area contributed by atoms with Crippen LogP contribution >= 0.6 is 11.8 Å². The van der Waals surface area contributed by atoms with Crippen molar-refractivity contribution in [2.75, 3.05) is 18.1 Å². The number of hydrogen-bond donors (Lipinski definition) is 2. The Morgan fingerprint density at radius 1 is 1.39 bits per heavy atom. The predicted octanol–water partition coefficient (Wildman–Crippen LogP) is 1.24. The van der Waals surface area contributed by atoms with E-state index in [4.69, 9.17) is 5.11 Å². The number of thioether (sulfide) groups is 1. The summed E-state index contributed by atoms with van der Waals surface area (Å²) in [7, 11) is 0. The lowest BCUT2D eigenvalue weighted by atomic mass is 10.2. The summed E-state index contributed by atoms with van der Waals surface area (Å²) in [5.74, 6) is -1.21. The molecule has 0 rings (SSSR count). The molecule has 2 N–H and O–H groups in total. The smallest absolute Gasteiger partial charge is 0.480 e. The molecule has 0 heterocycles. The van der Waals surface area contributed by atoms with Crippen molar-refractivity contribution in [2.45, 2.75) is 25.7 Å². The minimum absolute atomic E-state index is 0.103. The van der Waals surface area contributed by atoms with Gasteiger partial charge in [-0.05, 0) is 12.2 Å². The number of carbonyl (C=O) groups is 2. The highest BCUT2D eigenvalue weighted by Gasteiger charge is 2.28. The lowest BCUT2D eigenvalue weighted by Gasteiger charge is -2.12. The van der Waals surface area contributed by atoms with E-state index in [9.17, 15) is 22.8 Å². The van der Waals surface area contributed by atoms with Crippen molar-refractivity contribution in [2.24, 2.45) is 0 Å². The van der Waals surface area contributed by atoms with Gasteiger partial charge < -0.3 is 10.4 Å². The van der Waals surface area contributed by atoms with Gasteiger partial charge in [0.1, 0.15) is 6.04 Å². The molecule has 1 amide bonds. The fourth-order valence-electron chi connectivity index (χ4n) is 1.02. The number of carboxylic acid groups (broad SMARTS) is 1. The topological polar surface area (TPSA) is 75.6 Å². The number of ether oxygens (including phenoxy) is 1. The molecule has 0 aromatic heterocycles. The second-order valence-corrected chi connectivity index (χ2v) is 4.51. The van der Waals surface area contributed by atoms with Crippen molar-refractivity contribution in [3.05, 3.63) is 0 Å². The van der Waals surface area contributed by atoms with E-state index in [0.717, 1.165) is 11.8 Å². The zero-order valence-corrected chi connectivity index (χ0v) is 10.4. The Morgan fingerprint density at radius 3 is 2.44 bits per heavy atom. The molecule has 9 heteroatoms. The number of alkyl halides is 3. The summed E-state index contributed by atoms with van der Waals surface area (Å²) in [5, 5.41) is 11.0. The Morgan fingerprint density at radius 2 is 2.00 bits per heavy atom. The van der Waals surface area contributed by atoms with Gasteiger partial charge in [-0.1, -0.05) is 0 Å².